The minimum atomic E-state index is -3.38. The number of furan rings is 1. The molecule has 0 aliphatic heterocycles. The summed E-state index contributed by atoms with van der Waals surface area (Å²) in [7, 11) is -3.38. The Labute approximate surface area is 219 Å². The van der Waals surface area contributed by atoms with Crippen LogP contribution in [0.5, 0.6) is 5.75 Å². The highest BCUT2D eigenvalue weighted by Crippen LogP contribution is 2.38. The Kier molecular flexibility index (Phi) is 6.32. The Bertz CT molecular complexity index is 1810. The molecular formula is C29H26N2O6S. The zero-order chi connectivity index (χ0) is 27.2. The quantitative estimate of drug-likeness (QED) is 0.247. The van der Waals surface area contributed by atoms with Crippen molar-refractivity contribution in [2.45, 2.75) is 26.9 Å². The van der Waals surface area contributed by atoms with Crippen LogP contribution in [0.3, 0.4) is 0 Å². The number of pyridine rings is 1. The molecule has 9 heteroatoms. The molecule has 2 N–H and O–H groups in total. The zero-order valence-electron chi connectivity index (χ0n) is 21.3. The summed E-state index contributed by atoms with van der Waals surface area (Å²) in [6.45, 7) is 5.64. The number of hydrogen-bond acceptors (Lipinski definition) is 6. The number of aryl methyl sites for hydroxylation is 2. The van der Waals surface area contributed by atoms with Crippen molar-refractivity contribution in [3.63, 3.8) is 0 Å². The van der Waals surface area contributed by atoms with Gasteiger partial charge in [-0.1, -0.05) is 36.4 Å². The topological polar surface area (TPSA) is 119 Å². The SMILES string of the molecule is Cc1c(-c2cc(C(=O)O)c3c(O[C@@H](C)c4ccc(NS(C)(=O)=O)cc4)ccc(C)c3n2)oc2ccccc12. The number of carboxylic acids is 1. The van der Waals surface area contributed by atoms with E-state index in [0.717, 1.165) is 28.3 Å². The summed E-state index contributed by atoms with van der Waals surface area (Å²) in [5.41, 5.74) is 4.63. The lowest BCUT2D eigenvalue weighted by atomic mass is 10.0. The van der Waals surface area contributed by atoms with Crippen LogP contribution in [0.1, 0.15) is 40.1 Å². The number of nitrogens with one attached hydrogen (secondary N) is 1. The van der Waals surface area contributed by atoms with E-state index in [2.05, 4.69) is 4.72 Å². The number of aromatic carboxylic acids is 1. The van der Waals surface area contributed by atoms with Gasteiger partial charge in [-0.2, -0.15) is 0 Å². The molecule has 1 atom stereocenters. The monoisotopic (exact) mass is 530 g/mol. The van der Waals surface area contributed by atoms with Crippen LogP contribution in [0.4, 0.5) is 5.69 Å². The first-order valence-electron chi connectivity index (χ1n) is 11.9. The van der Waals surface area contributed by atoms with Crippen molar-refractivity contribution in [2.75, 3.05) is 11.0 Å². The predicted octanol–water partition coefficient (Wildman–Crippen LogP) is 6.47. The van der Waals surface area contributed by atoms with Gasteiger partial charge in [0, 0.05) is 16.6 Å². The average Bonchev–Trinajstić information content (AvgIpc) is 3.21. The van der Waals surface area contributed by atoms with Gasteiger partial charge in [0.15, 0.2) is 5.76 Å². The highest BCUT2D eigenvalue weighted by molar-refractivity contribution is 7.92. The van der Waals surface area contributed by atoms with Crippen molar-refractivity contribution in [1.29, 1.82) is 0 Å². The molecule has 0 amide bonds. The molecule has 3 aromatic carbocycles. The first kappa shape index (κ1) is 25.3. The lowest BCUT2D eigenvalue weighted by Gasteiger charge is -2.19. The normalized spacial score (nSPS) is 12.5. The molecule has 0 fully saturated rings. The molecule has 5 aromatic rings. The third-order valence-electron chi connectivity index (χ3n) is 6.42. The lowest BCUT2D eigenvalue weighted by Crippen LogP contribution is -2.10. The van der Waals surface area contributed by atoms with Gasteiger partial charge in [0.2, 0.25) is 10.0 Å². The lowest BCUT2D eigenvalue weighted by molar-refractivity contribution is 0.0698. The maximum Gasteiger partial charge on any atom is 0.336 e. The van der Waals surface area contributed by atoms with E-state index in [0.29, 0.717) is 39.4 Å². The van der Waals surface area contributed by atoms with E-state index in [-0.39, 0.29) is 5.56 Å². The number of aromatic nitrogens is 1. The molecule has 0 spiro atoms. The third kappa shape index (κ3) is 4.80. The first-order chi connectivity index (χ1) is 18.0. The predicted molar refractivity (Wildman–Crippen MR) is 147 cm³/mol. The van der Waals surface area contributed by atoms with Gasteiger partial charge in [0.25, 0.3) is 0 Å². The molecule has 8 nitrogen and oxygen atoms in total. The molecule has 0 radical (unpaired) electrons. The van der Waals surface area contributed by atoms with Crippen LogP contribution in [0.15, 0.2) is 71.1 Å². The number of ether oxygens (including phenoxy) is 1. The van der Waals surface area contributed by atoms with E-state index < -0.39 is 22.1 Å². The van der Waals surface area contributed by atoms with E-state index in [1.165, 1.54) is 6.07 Å². The van der Waals surface area contributed by atoms with E-state index in [9.17, 15) is 18.3 Å². The number of rotatable bonds is 7. The summed E-state index contributed by atoms with van der Waals surface area (Å²) in [5, 5.41) is 11.5. The van der Waals surface area contributed by atoms with Crippen molar-refractivity contribution in [2.24, 2.45) is 0 Å². The molecule has 0 bridgehead atoms. The summed E-state index contributed by atoms with van der Waals surface area (Å²) >= 11 is 0. The molecule has 0 aliphatic rings. The zero-order valence-corrected chi connectivity index (χ0v) is 22.1. The number of hydrogen-bond donors (Lipinski definition) is 2. The van der Waals surface area contributed by atoms with Crippen molar-refractivity contribution in [1.82, 2.24) is 4.98 Å². The van der Waals surface area contributed by atoms with Crippen LogP contribution in [0.2, 0.25) is 0 Å². The van der Waals surface area contributed by atoms with Crippen molar-refractivity contribution in [3.8, 4) is 17.2 Å². The Hall–Kier alpha value is -4.37. The van der Waals surface area contributed by atoms with Crippen molar-refractivity contribution in [3.05, 3.63) is 89.0 Å². The molecule has 2 aromatic heterocycles. The van der Waals surface area contributed by atoms with E-state index in [1.807, 2.05) is 51.1 Å². The van der Waals surface area contributed by atoms with Gasteiger partial charge in [0.1, 0.15) is 23.1 Å². The number of para-hydroxylation sites is 1. The number of carbonyl (C=O) groups is 1. The Morgan fingerprint density at radius 1 is 1.05 bits per heavy atom. The third-order valence-corrected chi connectivity index (χ3v) is 7.02. The van der Waals surface area contributed by atoms with Gasteiger partial charge in [-0.05, 0) is 62.2 Å². The molecule has 0 saturated carbocycles. The van der Waals surface area contributed by atoms with E-state index in [1.54, 1.807) is 30.3 Å². The van der Waals surface area contributed by atoms with Gasteiger partial charge in [-0.25, -0.2) is 18.2 Å². The van der Waals surface area contributed by atoms with E-state index >= 15 is 0 Å². The summed E-state index contributed by atoms with van der Waals surface area (Å²) in [6, 6.07) is 19.6. The molecule has 2 heterocycles. The maximum absolute atomic E-state index is 12.5. The van der Waals surface area contributed by atoms with Gasteiger partial charge in [-0.3, -0.25) is 4.72 Å². The Morgan fingerprint density at radius 2 is 1.76 bits per heavy atom. The molecule has 0 aliphatic carbocycles. The Morgan fingerprint density at radius 3 is 2.42 bits per heavy atom. The summed E-state index contributed by atoms with van der Waals surface area (Å²) in [5.74, 6) is -0.196. The smallest absolute Gasteiger partial charge is 0.336 e. The Balaban J connectivity index is 1.58. The van der Waals surface area contributed by atoms with Crippen LogP contribution in [0.25, 0.3) is 33.3 Å². The second-order valence-electron chi connectivity index (χ2n) is 9.27. The summed E-state index contributed by atoms with van der Waals surface area (Å²) in [6.07, 6.45) is 0.636. The minimum Gasteiger partial charge on any atom is -0.485 e. The van der Waals surface area contributed by atoms with Gasteiger partial charge in [0.05, 0.1) is 22.7 Å². The number of carboxylic acid groups (broad SMARTS) is 1. The summed E-state index contributed by atoms with van der Waals surface area (Å²) in [4.78, 5) is 17.3. The molecule has 5 rings (SSSR count). The van der Waals surface area contributed by atoms with Crippen LogP contribution in [-0.4, -0.2) is 30.7 Å². The number of nitrogens with zero attached hydrogens (tertiary/aromatic N) is 1. The fourth-order valence-electron chi connectivity index (χ4n) is 4.54. The maximum atomic E-state index is 12.5. The molecule has 0 saturated heterocycles. The fraction of sp³-hybridized carbons (Fsp3) is 0.172. The summed E-state index contributed by atoms with van der Waals surface area (Å²) < 4.78 is 37.7. The first-order valence-corrected chi connectivity index (χ1v) is 13.8. The van der Waals surface area contributed by atoms with Crippen LogP contribution in [0, 0.1) is 13.8 Å². The largest absolute Gasteiger partial charge is 0.485 e. The minimum absolute atomic E-state index is 0.0588. The van der Waals surface area contributed by atoms with Gasteiger partial charge in [-0.15, -0.1) is 0 Å². The number of anilines is 1. The fourth-order valence-corrected chi connectivity index (χ4v) is 5.10. The number of fused-ring (bicyclic) bond motifs is 2. The average molecular weight is 531 g/mol. The van der Waals surface area contributed by atoms with Crippen molar-refractivity contribution < 1.29 is 27.5 Å². The van der Waals surface area contributed by atoms with Gasteiger partial charge < -0.3 is 14.3 Å². The highest BCUT2D eigenvalue weighted by Gasteiger charge is 2.22. The molecule has 0 unspecified atom stereocenters. The van der Waals surface area contributed by atoms with Crippen LogP contribution in [-0.2, 0) is 10.0 Å². The highest BCUT2D eigenvalue weighted by atomic mass is 32.2. The number of benzene rings is 3. The van der Waals surface area contributed by atoms with E-state index in [4.69, 9.17) is 14.1 Å². The van der Waals surface area contributed by atoms with Crippen molar-refractivity contribution >= 4 is 43.6 Å². The van der Waals surface area contributed by atoms with Crippen LogP contribution >= 0.6 is 0 Å². The number of sulfonamides is 1. The second-order valence-corrected chi connectivity index (χ2v) is 11.0. The van der Waals surface area contributed by atoms with Crippen LogP contribution < -0.4 is 9.46 Å². The molecule has 38 heavy (non-hydrogen) atoms. The van der Waals surface area contributed by atoms with Gasteiger partial charge >= 0.3 is 5.97 Å². The second kappa shape index (κ2) is 9.50. The molecule has 194 valence electrons. The molecular weight excluding hydrogens is 504 g/mol. The standard InChI is InChI=1S/C29H26N2O6S/c1-16-9-14-25(36-18(3)19-10-12-20(13-11-19)31-38(4,34)35)26-22(29(32)33)15-23(30-27(16)26)28-17(2)21-7-5-6-8-24(21)37-28/h5-15,18,31H,1-4H3,(H,32,33)/t18-/m0/s1.